The molecule has 82 valence electrons. The molecule has 0 aliphatic heterocycles. The SMILES string of the molecule is CC(=O)/C=C(\O)CS(=O)(=O)NC(C)C. The molecule has 6 heteroatoms. The van der Waals surface area contributed by atoms with Gasteiger partial charge in [-0.1, -0.05) is 0 Å². The quantitative estimate of drug-likeness (QED) is 0.518. The van der Waals surface area contributed by atoms with Gasteiger partial charge in [0.25, 0.3) is 0 Å². The number of hydrogen-bond acceptors (Lipinski definition) is 4. The van der Waals surface area contributed by atoms with Gasteiger partial charge < -0.3 is 5.11 Å². The topological polar surface area (TPSA) is 83.5 Å². The number of nitrogens with one attached hydrogen (secondary N) is 1. The number of ketones is 1. The largest absolute Gasteiger partial charge is 0.511 e. The van der Waals surface area contributed by atoms with E-state index in [0.717, 1.165) is 6.08 Å². The van der Waals surface area contributed by atoms with Crippen LogP contribution < -0.4 is 4.72 Å². The molecule has 0 saturated carbocycles. The van der Waals surface area contributed by atoms with Crippen molar-refractivity contribution in [2.75, 3.05) is 5.75 Å². The van der Waals surface area contributed by atoms with Gasteiger partial charge in [0.1, 0.15) is 11.5 Å². The van der Waals surface area contributed by atoms with Crippen LogP contribution in [0.25, 0.3) is 0 Å². The normalized spacial score (nSPS) is 13.3. The fourth-order valence-electron chi connectivity index (χ4n) is 0.872. The highest BCUT2D eigenvalue weighted by atomic mass is 32.2. The van der Waals surface area contributed by atoms with Gasteiger partial charge in [0, 0.05) is 12.1 Å². The Bertz CT molecular complexity index is 329. The number of allylic oxidation sites excluding steroid dienone is 1. The average Bonchev–Trinajstić information content (AvgIpc) is 1.77. The highest BCUT2D eigenvalue weighted by Crippen LogP contribution is 1.97. The summed E-state index contributed by atoms with van der Waals surface area (Å²) in [5, 5.41) is 9.09. The van der Waals surface area contributed by atoms with Gasteiger partial charge in [0.15, 0.2) is 5.78 Å². The second-order valence-corrected chi connectivity index (χ2v) is 5.03. The minimum absolute atomic E-state index is 0.231. The molecule has 5 nitrogen and oxygen atoms in total. The predicted molar refractivity (Wildman–Crippen MR) is 53.5 cm³/mol. The lowest BCUT2D eigenvalue weighted by atomic mass is 10.4. The molecule has 0 aliphatic rings. The predicted octanol–water partition coefficient (Wildman–Crippen LogP) is 0.345. The summed E-state index contributed by atoms with van der Waals surface area (Å²) < 4.78 is 24.7. The number of rotatable bonds is 5. The van der Waals surface area contributed by atoms with Crippen molar-refractivity contribution in [1.82, 2.24) is 4.72 Å². The Labute approximate surface area is 83.9 Å². The minimum atomic E-state index is -3.55. The van der Waals surface area contributed by atoms with Gasteiger partial charge in [-0.2, -0.15) is 0 Å². The minimum Gasteiger partial charge on any atom is -0.511 e. The van der Waals surface area contributed by atoms with E-state index in [9.17, 15) is 13.2 Å². The lowest BCUT2D eigenvalue weighted by Gasteiger charge is -2.08. The molecule has 0 saturated heterocycles. The second-order valence-electron chi connectivity index (χ2n) is 3.28. The molecule has 0 heterocycles. The van der Waals surface area contributed by atoms with Gasteiger partial charge in [-0.05, 0) is 20.8 Å². The smallest absolute Gasteiger partial charge is 0.219 e. The van der Waals surface area contributed by atoms with Gasteiger partial charge in [-0.15, -0.1) is 0 Å². The third kappa shape index (κ3) is 6.62. The van der Waals surface area contributed by atoms with E-state index < -0.39 is 21.5 Å². The molecule has 0 aromatic heterocycles. The van der Waals surface area contributed by atoms with Gasteiger partial charge >= 0.3 is 0 Å². The van der Waals surface area contributed by atoms with Crippen molar-refractivity contribution in [3.05, 3.63) is 11.8 Å². The maximum Gasteiger partial charge on any atom is 0.219 e. The number of aliphatic hydroxyl groups is 1. The Morgan fingerprint density at radius 2 is 2.00 bits per heavy atom. The molecule has 0 aromatic carbocycles. The highest BCUT2D eigenvalue weighted by molar-refractivity contribution is 7.89. The van der Waals surface area contributed by atoms with Crippen LogP contribution >= 0.6 is 0 Å². The summed E-state index contributed by atoms with van der Waals surface area (Å²) in [6.07, 6.45) is 0.888. The van der Waals surface area contributed by atoms with E-state index in [0.29, 0.717) is 0 Å². The summed E-state index contributed by atoms with van der Waals surface area (Å²) in [6, 6.07) is -0.231. The highest BCUT2D eigenvalue weighted by Gasteiger charge is 2.14. The summed E-state index contributed by atoms with van der Waals surface area (Å²) in [5.74, 6) is -1.40. The molecule has 2 N–H and O–H groups in total. The third-order valence-electron chi connectivity index (χ3n) is 1.12. The number of sulfonamides is 1. The molecular weight excluding hydrogens is 206 g/mol. The van der Waals surface area contributed by atoms with Crippen molar-refractivity contribution in [2.24, 2.45) is 0 Å². The molecule has 0 aromatic rings. The van der Waals surface area contributed by atoms with Crippen LogP contribution in [0.3, 0.4) is 0 Å². The maximum absolute atomic E-state index is 11.2. The summed E-state index contributed by atoms with van der Waals surface area (Å²) in [6.45, 7) is 4.57. The molecule has 14 heavy (non-hydrogen) atoms. The lowest BCUT2D eigenvalue weighted by Crippen LogP contribution is -2.32. The van der Waals surface area contributed by atoms with E-state index >= 15 is 0 Å². The number of carbonyl (C=O) groups excluding carboxylic acids is 1. The third-order valence-corrected chi connectivity index (χ3v) is 2.63. The Kier molecular flexibility index (Phi) is 4.79. The van der Waals surface area contributed by atoms with Gasteiger partial charge in [-0.3, -0.25) is 4.79 Å². The average molecular weight is 221 g/mol. The van der Waals surface area contributed by atoms with Gasteiger partial charge in [0.2, 0.25) is 10.0 Å². The first kappa shape index (κ1) is 13.1. The van der Waals surface area contributed by atoms with Crippen LogP contribution in [0.4, 0.5) is 0 Å². The molecule has 0 bridgehead atoms. The molecule has 0 unspecified atom stereocenters. The fraction of sp³-hybridized carbons (Fsp3) is 0.625. The van der Waals surface area contributed by atoms with E-state index in [2.05, 4.69) is 4.72 Å². The van der Waals surface area contributed by atoms with Crippen LogP contribution in [0.1, 0.15) is 20.8 Å². The Morgan fingerprint density at radius 1 is 1.50 bits per heavy atom. The first-order chi connectivity index (χ1) is 6.23. The van der Waals surface area contributed by atoms with Crippen LogP contribution in [0.5, 0.6) is 0 Å². The lowest BCUT2D eigenvalue weighted by molar-refractivity contribution is -0.112. The van der Waals surface area contributed by atoms with Crippen molar-refractivity contribution < 1.29 is 18.3 Å². The molecule has 0 rings (SSSR count). The molecule has 0 amide bonds. The van der Waals surface area contributed by atoms with E-state index in [-0.39, 0.29) is 11.8 Å². The van der Waals surface area contributed by atoms with E-state index in [1.165, 1.54) is 6.92 Å². The first-order valence-electron chi connectivity index (χ1n) is 4.13. The second kappa shape index (κ2) is 5.11. The van der Waals surface area contributed by atoms with E-state index in [1.807, 2.05) is 0 Å². The molecular formula is C8H15NO4S. The van der Waals surface area contributed by atoms with Gasteiger partial charge in [0.05, 0.1) is 0 Å². The zero-order valence-electron chi connectivity index (χ0n) is 8.44. The van der Waals surface area contributed by atoms with Crippen molar-refractivity contribution in [3.8, 4) is 0 Å². The van der Waals surface area contributed by atoms with Crippen molar-refractivity contribution in [1.29, 1.82) is 0 Å². The van der Waals surface area contributed by atoms with Crippen LogP contribution in [0.15, 0.2) is 11.8 Å². The fourth-order valence-corrected chi connectivity index (χ4v) is 2.15. The van der Waals surface area contributed by atoms with E-state index in [1.54, 1.807) is 13.8 Å². The number of aliphatic hydroxyl groups excluding tert-OH is 1. The summed E-state index contributed by atoms with van der Waals surface area (Å²) in [7, 11) is -3.55. The molecule has 0 atom stereocenters. The van der Waals surface area contributed by atoms with Gasteiger partial charge in [-0.25, -0.2) is 13.1 Å². The molecule has 0 fully saturated rings. The molecule has 0 radical (unpaired) electrons. The zero-order valence-corrected chi connectivity index (χ0v) is 9.26. The van der Waals surface area contributed by atoms with Crippen molar-refractivity contribution in [3.63, 3.8) is 0 Å². The molecule has 0 spiro atoms. The van der Waals surface area contributed by atoms with Crippen LogP contribution in [0.2, 0.25) is 0 Å². The first-order valence-corrected chi connectivity index (χ1v) is 5.78. The summed E-state index contributed by atoms with van der Waals surface area (Å²) >= 11 is 0. The summed E-state index contributed by atoms with van der Waals surface area (Å²) in [5.41, 5.74) is 0. The van der Waals surface area contributed by atoms with Crippen LogP contribution in [-0.2, 0) is 14.8 Å². The maximum atomic E-state index is 11.2. The van der Waals surface area contributed by atoms with Crippen molar-refractivity contribution >= 4 is 15.8 Å². The number of hydrogen-bond donors (Lipinski definition) is 2. The van der Waals surface area contributed by atoms with E-state index in [4.69, 9.17) is 5.11 Å². The summed E-state index contributed by atoms with van der Waals surface area (Å²) in [4.78, 5) is 10.5. The standard InChI is InChI=1S/C8H15NO4S/c1-6(2)9-14(12,13)5-8(11)4-7(3)10/h4,6,9,11H,5H2,1-3H3/b8-4-. The van der Waals surface area contributed by atoms with Crippen molar-refractivity contribution in [2.45, 2.75) is 26.8 Å². The monoisotopic (exact) mass is 221 g/mol. The zero-order chi connectivity index (χ0) is 11.4. The Morgan fingerprint density at radius 3 is 2.36 bits per heavy atom. The van der Waals surface area contributed by atoms with Crippen LogP contribution in [-0.4, -0.2) is 31.1 Å². The number of carbonyl (C=O) groups is 1. The molecule has 0 aliphatic carbocycles. The van der Waals surface area contributed by atoms with Crippen LogP contribution in [0, 0.1) is 0 Å². The Balaban J connectivity index is 4.45. The Hall–Kier alpha value is -0.880.